The molecular formula is C7H16ClNO. The van der Waals surface area contributed by atoms with Gasteiger partial charge in [-0.2, -0.15) is 0 Å². The van der Waals surface area contributed by atoms with Crippen LogP contribution in [-0.2, 0) is 0 Å². The standard InChI is InChI=1S/C7H15NO.ClH/c1-8-6-4-2-3-5-7(6)9;/h6-9H,2-5H2,1H3;1H/t6-,7-;/m1./s1. The minimum atomic E-state index is -0.0938. The zero-order valence-corrected chi connectivity index (χ0v) is 7.16. The van der Waals surface area contributed by atoms with Crippen LogP contribution in [0.4, 0.5) is 0 Å². The van der Waals surface area contributed by atoms with Crippen LogP contribution in [0.3, 0.4) is 0 Å². The van der Waals surface area contributed by atoms with Crippen molar-refractivity contribution in [1.29, 1.82) is 0 Å². The average Bonchev–Trinajstić information content (AvgIpc) is 1.89. The summed E-state index contributed by atoms with van der Waals surface area (Å²) < 4.78 is 0. The van der Waals surface area contributed by atoms with E-state index >= 15 is 0 Å². The summed E-state index contributed by atoms with van der Waals surface area (Å²) in [7, 11) is 1.92. The number of hydrogen-bond donors (Lipinski definition) is 2. The van der Waals surface area contributed by atoms with Crippen LogP contribution >= 0.6 is 12.4 Å². The van der Waals surface area contributed by atoms with Gasteiger partial charge in [0.15, 0.2) is 0 Å². The Balaban J connectivity index is 0.000000810. The maximum Gasteiger partial charge on any atom is 0.0693 e. The van der Waals surface area contributed by atoms with E-state index < -0.39 is 0 Å². The number of aliphatic hydroxyl groups excluding tert-OH is 1. The van der Waals surface area contributed by atoms with Crippen LogP contribution in [0.1, 0.15) is 25.7 Å². The molecule has 2 N–H and O–H groups in total. The first kappa shape index (κ1) is 10.2. The molecule has 0 aromatic rings. The zero-order chi connectivity index (χ0) is 6.69. The summed E-state index contributed by atoms with van der Waals surface area (Å²) in [6, 6.07) is 0.360. The van der Waals surface area contributed by atoms with Gasteiger partial charge in [-0.05, 0) is 19.9 Å². The van der Waals surface area contributed by atoms with Gasteiger partial charge >= 0.3 is 0 Å². The Kier molecular flexibility index (Phi) is 5.04. The summed E-state index contributed by atoms with van der Waals surface area (Å²) in [5.74, 6) is 0. The first-order valence-electron chi connectivity index (χ1n) is 3.70. The van der Waals surface area contributed by atoms with Crippen LogP contribution in [0.5, 0.6) is 0 Å². The van der Waals surface area contributed by atoms with Gasteiger partial charge in [0.05, 0.1) is 6.10 Å². The Morgan fingerprint density at radius 3 is 2.30 bits per heavy atom. The molecule has 1 fully saturated rings. The molecule has 0 saturated heterocycles. The lowest BCUT2D eigenvalue weighted by atomic mass is 9.93. The van der Waals surface area contributed by atoms with Gasteiger partial charge in [0.25, 0.3) is 0 Å². The number of aliphatic hydroxyl groups is 1. The lowest BCUT2D eigenvalue weighted by Crippen LogP contribution is -2.39. The van der Waals surface area contributed by atoms with E-state index in [2.05, 4.69) is 5.32 Å². The lowest BCUT2D eigenvalue weighted by molar-refractivity contribution is 0.0948. The molecule has 0 spiro atoms. The fourth-order valence-electron chi connectivity index (χ4n) is 1.45. The number of nitrogens with one attached hydrogen (secondary N) is 1. The molecule has 62 valence electrons. The van der Waals surface area contributed by atoms with Crippen LogP contribution in [0.2, 0.25) is 0 Å². The van der Waals surface area contributed by atoms with E-state index in [-0.39, 0.29) is 18.5 Å². The molecule has 0 heterocycles. The fraction of sp³-hybridized carbons (Fsp3) is 1.00. The summed E-state index contributed by atoms with van der Waals surface area (Å²) >= 11 is 0. The van der Waals surface area contributed by atoms with Crippen LogP contribution in [-0.4, -0.2) is 24.3 Å². The molecule has 1 rings (SSSR count). The molecule has 0 bridgehead atoms. The normalized spacial score (nSPS) is 33.0. The molecule has 3 heteroatoms. The van der Waals surface area contributed by atoms with Gasteiger partial charge in [0.2, 0.25) is 0 Å². The number of likely N-dealkylation sites (N-methyl/N-ethyl adjacent to an activating group) is 1. The minimum absolute atomic E-state index is 0. The SMILES string of the molecule is CN[C@@H]1CCCC[C@H]1O.Cl. The molecule has 10 heavy (non-hydrogen) atoms. The van der Waals surface area contributed by atoms with E-state index in [0.29, 0.717) is 6.04 Å². The van der Waals surface area contributed by atoms with Gasteiger partial charge < -0.3 is 10.4 Å². The molecule has 1 aliphatic rings. The van der Waals surface area contributed by atoms with E-state index in [1.165, 1.54) is 12.8 Å². The maximum absolute atomic E-state index is 9.31. The molecule has 1 aliphatic carbocycles. The summed E-state index contributed by atoms with van der Waals surface area (Å²) in [6.45, 7) is 0. The molecule has 0 radical (unpaired) electrons. The largest absolute Gasteiger partial charge is 0.392 e. The van der Waals surface area contributed by atoms with Crippen molar-refractivity contribution in [3.8, 4) is 0 Å². The van der Waals surface area contributed by atoms with Crippen molar-refractivity contribution in [2.24, 2.45) is 0 Å². The summed E-state index contributed by atoms with van der Waals surface area (Å²) in [6.07, 6.45) is 4.48. The van der Waals surface area contributed by atoms with Gasteiger partial charge in [-0.3, -0.25) is 0 Å². The highest BCUT2D eigenvalue weighted by atomic mass is 35.5. The highest BCUT2D eigenvalue weighted by Gasteiger charge is 2.20. The van der Waals surface area contributed by atoms with Gasteiger partial charge in [-0.15, -0.1) is 12.4 Å². The molecule has 0 aliphatic heterocycles. The van der Waals surface area contributed by atoms with Crippen LogP contribution < -0.4 is 5.32 Å². The van der Waals surface area contributed by atoms with Crippen molar-refractivity contribution in [2.75, 3.05) is 7.05 Å². The third-order valence-electron chi connectivity index (χ3n) is 2.10. The quantitative estimate of drug-likeness (QED) is 0.606. The highest BCUT2D eigenvalue weighted by Crippen LogP contribution is 2.17. The van der Waals surface area contributed by atoms with Crippen LogP contribution in [0.25, 0.3) is 0 Å². The summed E-state index contributed by atoms with van der Waals surface area (Å²) in [4.78, 5) is 0. The molecule has 0 aromatic carbocycles. The van der Waals surface area contributed by atoms with Crippen molar-refractivity contribution in [3.05, 3.63) is 0 Å². The average molecular weight is 166 g/mol. The molecule has 1 saturated carbocycles. The third-order valence-corrected chi connectivity index (χ3v) is 2.10. The Hall–Kier alpha value is 0.210. The first-order valence-corrected chi connectivity index (χ1v) is 3.70. The monoisotopic (exact) mass is 165 g/mol. The topological polar surface area (TPSA) is 32.3 Å². The minimum Gasteiger partial charge on any atom is -0.392 e. The van der Waals surface area contributed by atoms with Crippen molar-refractivity contribution < 1.29 is 5.11 Å². The van der Waals surface area contributed by atoms with Crippen LogP contribution in [0.15, 0.2) is 0 Å². The van der Waals surface area contributed by atoms with E-state index in [1.54, 1.807) is 0 Å². The third kappa shape index (κ3) is 2.45. The van der Waals surface area contributed by atoms with Gasteiger partial charge in [-0.1, -0.05) is 12.8 Å². The zero-order valence-electron chi connectivity index (χ0n) is 6.34. The Morgan fingerprint density at radius 1 is 1.30 bits per heavy atom. The van der Waals surface area contributed by atoms with Crippen LogP contribution in [0, 0.1) is 0 Å². The molecule has 0 unspecified atom stereocenters. The van der Waals surface area contributed by atoms with Gasteiger partial charge in [0, 0.05) is 6.04 Å². The molecule has 0 aromatic heterocycles. The second-order valence-corrected chi connectivity index (χ2v) is 2.75. The Bertz CT molecular complexity index is 89.7. The number of rotatable bonds is 1. The Labute approximate surface area is 68.4 Å². The predicted octanol–water partition coefficient (Wildman–Crippen LogP) is 0.931. The van der Waals surface area contributed by atoms with Crippen molar-refractivity contribution in [3.63, 3.8) is 0 Å². The predicted molar refractivity (Wildman–Crippen MR) is 44.6 cm³/mol. The van der Waals surface area contributed by atoms with E-state index in [4.69, 9.17) is 0 Å². The number of halogens is 1. The second-order valence-electron chi connectivity index (χ2n) is 2.75. The lowest BCUT2D eigenvalue weighted by Gasteiger charge is -2.26. The van der Waals surface area contributed by atoms with E-state index in [0.717, 1.165) is 12.8 Å². The van der Waals surface area contributed by atoms with Gasteiger partial charge in [0.1, 0.15) is 0 Å². The smallest absolute Gasteiger partial charge is 0.0693 e. The van der Waals surface area contributed by atoms with E-state index in [1.807, 2.05) is 7.05 Å². The summed E-state index contributed by atoms with van der Waals surface area (Å²) in [5.41, 5.74) is 0. The fourth-order valence-corrected chi connectivity index (χ4v) is 1.45. The van der Waals surface area contributed by atoms with Crippen molar-refractivity contribution in [2.45, 2.75) is 37.8 Å². The maximum atomic E-state index is 9.31. The van der Waals surface area contributed by atoms with Gasteiger partial charge in [-0.25, -0.2) is 0 Å². The Morgan fingerprint density at radius 2 is 1.90 bits per heavy atom. The molecule has 2 atom stereocenters. The summed E-state index contributed by atoms with van der Waals surface area (Å²) in [5, 5.41) is 12.4. The number of hydrogen-bond acceptors (Lipinski definition) is 2. The van der Waals surface area contributed by atoms with E-state index in [9.17, 15) is 5.11 Å². The molecule has 0 amide bonds. The molecule has 2 nitrogen and oxygen atoms in total. The second kappa shape index (κ2) is 4.94. The molecular weight excluding hydrogens is 150 g/mol. The first-order chi connectivity index (χ1) is 4.34. The van der Waals surface area contributed by atoms with Crippen molar-refractivity contribution in [1.82, 2.24) is 5.32 Å². The highest BCUT2D eigenvalue weighted by molar-refractivity contribution is 5.85. The van der Waals surface area contributed by atoms with Crippen molar-refractivity contribution >= 4 is 12.4 Å².